The average Bonchev–Trinajstić information content (AvgIpc) is 2.96. The maximum Gasteiger partial charge on any atom is 0.143 e. The number of nitrogens with zero attached hydrogens (tertiary/aromatic N) is 2. The van der Waals surface area contributed by atoms with E-state index >= 15 is 0 Å². The van der Waals surface area contributed by atoms with Crippen molar-refractivity contribution in [3.8, 4) is 11.3 Å². The lowest BCUT2D eigenvalue weighted by Crippen LogP contribution is -2.01. The lowest BCUT2D eigenvalue weighted by Gasteiger charge is -2.14. The van der Waals surface area contributed by atoms with E-state index in [1.54, 1.807) is 12.1 Å². The van der Waals surface area contributed by atoms with Gasteiger partial charge in [-0.15, -0.1) is 0 Å². The first-order valence-electron chi connectivity index (χ1n) is 8.61. The van der Waals surface area contributed by atoms with Crippen LogP contribution in [0, 0.1) is 26.6 Å². The Kier molecular flexibility index (Phi) is 3.96. The first-order chi connectivity index (χ1) is 12.5. The summed E-state index contributed by atoms with van der Waals surface area (Å²) in [7, 11) is 0. The van der Waals surface area contributed by atoms with Gasteiger partial charge in [0.1, 0.15) is 23.0 Å². The number of para-hydroxylation sites is 1. The summed E-state index contributed by atoms with van der Waals surface area (Å²) in [5, 5.41) is 3.52. The van der Waals surface area contributed by atoms with Gasteiger partial charge >= 0.3 is 0 Å². The van der Waals surface area contributed by atoms with Crippen LogP contribution >= 0.6 is 0 Å². The van der Waals surface area contributed by atoms with E-state index in [0.717, 1.165) is 33.8 Å². The Morgan fingerprint density at radius 3 is 2.35 bits per heavy atom. The number of rotatable bonds is 3. The Morgan fingerprint density at radius 1 is 0.885 bits per heavy atom. The number of aromatic nitrogens is 2. The number of anilines is 2. The molecule has 2 heterocycles. The van der Waals surface area contributed by atoms with E-state index < -0.39 is 0 Å². The lowest BCUT2D eigenvalue weighted by atomic mass is 10.1. The van der Waals surface area contributed by atoms with Crippen molar-refractivity contribution in [2.45, 2.75) is 20.8 Å². The summed E-state index contributed by atoms with van der Waals surface area (Å²) in [6.45, 7) is 6.16. The molecular formula is C22H20FN3. The summed E-state index contributed by atoms with van der Waals surface area (Å²) in [5.74, 6) is 0.489. The number of hydrogen-bond donors (Lipinski definition) is 1. The van der Waals surface area contributed by atoms with Gasteiger partial charge in [0.15, 0.2) is 0 Å². The second-order valence-electron chi connectivity index (χ2n) is 6.62. The van der Waals surface area contributed by atoms with Crippen LogP contribution in [0.2, 0.25) is 0 Å². The molecule has 0 aliphatic heterocycles. The SMILES string of the molecule is Cc1ccc2nc(-c3ccccc3F)c(Nc3c(C)cccc3C)n2c1. The van der Waals surface area contributed by atoms with E-state index in [-0.39, 0.29) is 5.82 Å². The van der Waals surface area contributed by atoms with Crippen LogP contribution in [0.25, 0.3) is 16.9 Å². The van der Waals surface area contributed by atoms with Crippen molar-refractivity contribution < 1.29 is 4.39 Å². The van der Waals surface area contributed by atoms with Crippen LogP contribution < -0.4 is 5.32 Å². The van der Waals surface area contributed by atoms with Crippen molar-refractivity contribution in [1.82, 2.24) is 9.38 Å². The van der Waals surface area contributed by atoms with E-state index in [1.807, 2.05) is 41.8 Å². The van der Waals surface area contributed by atoms with E-state index in [4.69, 9.17) is 4.98 Å². The Balaban J connectivity index is 1.98. The number of pyridine rings is 1. The highest BCUT2D eigenvalue weighted by atomic mass is 19.1. The van der Waals surface area contributed by atoms with Crippen LogP contribution in [0.15, 0.2) is 60.8 Å². The zero-order valence-electron chi connectivity index (χ0n) is 15.0. The zero-order chi connectivity index (χ0) is 18.3. The van der Waals surface area contributed by atoms with Gasteiger partial charge in [0.05, 0.1) is 0 Å². The number of halogens is 1. The summed E-state index contributed by atoms with van der Waals surface area (Å²) >= 11 is 0. The molecule has 2 aromatic carbocycles. The predicted octanol–water partition coefficient (Wildman–Crippen LogP) is 5.81. The van der Waals surface area contributed by atoms with Crippen molar-refractivity contribution in [2.24, 2.45) is 0 Å². The number of aryl methyl sites for hydroxylation is 3. The molecule has 0 atom stereocenters. The van der Waals surface area contributed by atoms with Crippen LogP contribution in [-0.4, -0.2) is 9.38 Å². The summed E-state index contributed by atoms with van der Waals surface area (Å²) < 4.78 is 16.5. The first-order valence-corrected chi connectivity index (χ1v) is 8.61. The Labute approximate surface area is 152 Å². The minimum atomic E-state index is -0.280. The third-order valence-corrected chi connectivity index (χ3v) is 4.62. The van der Waals surface area contributed by atoms with Gasteiger partial charge in [-0.25, -0.2) is 9.37 Å². The molecule has 2 aromatic heterocycles. The van der Waals surface area contributed by atoms with Gasteiger partial charge in [-0.1, -0.05) is 36.4 Å². The van der Waals surface area contributed by atoms with E-state index in [9.17, 15) is 4.39 Å². The molecule has 4 rings (SSSR count). The fraction of sp³-hybridized carbons (Fsp3) is 0.136. The summed E-state index contributed by atoms with van der Waals surface area (Å²) in [6, 6.07) is 16.9. The summed E-state index contributed by atoms with van der Waals surface area (Å²) in [4.78, 5) is 4.70. The third-order valence-electron chi connectivity index (χ3n) is 4.62. The van der Waals surface area contributed by atoms with E-state index in [1.165, 1.54) is 6.07 Å². The topological polar surface area (TPSA) is 29.3 Å². The molecular weight excluding hydrogens is 325 g/mol. The maximum atomic E-state index is 14.5. The quantitative estimate of drug-likeness (QED) is 0.508. The van der Waals surface area contributed by atoms with Crippen molar-refractivity contribution in [3.63, 3.8) is 0 Å². The fourth-order valence-electron chi connectivity index (χ4n) is 3.24. The van der Waals surface area contributed by atoms with E-state index in [2.05, 4.69) is 31.3 Å². The Morgan fingerprint density at radius 2 is 1.62 bits per heavy atom. The number of nitrogens with one attached hydrogen (secondary N) is 1. The molecule has 4 heteroatoms. The highest BCUT2D eigenvalue weighted by molar-refractivity contribution is 5.81. The van der Waals surface area contributed by atoms with Crippen LogP contribution in [0.5, 0.6) is 0 Å². The maximum absolute atomic E-state index is 14.5. The van der Waals surface area contributed by atoms with Crippen LogP contribution in [0.1, 0.15) is 16.7 Å². The molecule has 0 amide bonds. The van der Waals surface area contributed by atoms with Gasteiger partial charge in [-0.2, -0.15) is 0 Å². The Bertz CT molecular complexity index is 1090. The van der Waals surface area contributed by atoms with Crippen LogP contribution in [0.4, 0.5) is 15.9 Å². The Hall–Kier alpha value is -3.14. The molecule has 0 saturated carbocycles. The molecule has 0 fully saturated rings. The summed E-state index contributed by atoms with van der Waals surface area (Å²) in [5.41, 5.74) is 6.27. The largest absolute Gasteiger partial charge is 0.339 e. The molecule has 3 nitrogen and oxygen atoms in total. The zero-order valence-corrected chi connectivity index (χ0v) is 15.0. The van der Waals surface area contributed by atoms with Gasteiger partial charge < -0.3 is 5.32 Å². The molecule has 0 saturated heterocycles. The van der Waals surface area contributed by atoms with Crippen molar-refractivity contribution >= 4 is 17.2 Å². The van der Waals surface area contributed by atoms with Gasteiger partial charge in [0.2, 0.25) is 0 Å². The second-order valence-corrected chi connectivity index (χ2v) is 6.62. The molecule has 0 bridgehead atoms. The van der Waals surface area contributed by atoms with Crippen molar-refractivity contribution in [3.05, 3.63) is 83.3 Å². The highest BCUT2D eigenvalue weighted by Crippen LogP contribution is 2.34. The van der Waals surface area contributed by atoms with Crippen molar-refractivity contribution in [1.29, 1.82) is 0 Å². The minimum Gasteiger partial charge on any atom is -0.339 e. The second kappa shape index (κ2) is 6.30. The molecule has 130 valence electrons. The van der Waals surface area contributed by atoms with Gasteiger partial charge in [0, 0.05) is 17.4 Å². The molecule has 0 radical (unpaired) electrons. The summed E-state index contributed by atoms with van der Waals surface area (Å²) in [6.07, 6.45) is 2.02. The number of hydrogen-bond acceptors (Lipinski definition) is 2. The van der Waals surface area contributed by atoms with Crippen LogP contribution in [-0.2, 0) is 0 Å². The average molecular weight is 345 g/mol. The molecule has 0 unspecified atom stereocenters. The minimum absolute atomic E-state index is 0.280. The normalized spacial score (nSPS) is 11.1. The fourth-order valence-corrected chi connectivity index (χ4v) is 3.24. The smallest absolute Gasteiger partial charge is 0.143 e. The molecule has 0 aliphatic rings. The molecule has 4 aromatic rings. The monoisotopic (exact) mass is 345 g/mol. The van der Waals surface area contributed by atoms with Gasteiger partial charge in [-0.05, 0) is 55.7 Å². The molecule has 26 heavy (non-hydrogen) atoms. The van der Waals surface area contributed by atoms with Gasteiger partial charge in [0.25, 0.3) is 0 Å². The van der Waals surface area contributed by atoms with E-state index in [0.29, 0.717) is 11.3 Å². The standard InChI is InChI=1S/C22H20FN3/c1-14-11-12-19-24-21(17-9-4-5-10-18(17)23)22(26(19)13-14)25-20-15(2)7-6-8-16(20)3/h4-13,25H,1-3H3. The van der Waals surface area contributed by atoms with Crippen molar-refractivity contribution in [2.75, 3.05) is 5.32 Å². The molecule has 0 spiro atoms. The lowest BCUT2D eigenvalue weighted by molar-refractivity contribution is 0.631. The number of imidazole rings is 1. The highest BCUT2D eigenvalue weighted by Gasteiger charge is 2.18. The van der Waals surface area contributed by atoms with Crippen LogP contribution in [0.3, 0.4) is 0 Å². The number of fused-ring (bicyclic) bond motifs is 1. The molecule has 1 N–H and O–H groups in total. The van der Waals surface area contributed by atoms with Gasteiger partial charge in [-0.3, -0.25) is 4.40 Å². The molecule has 0 aliphatic carbocycles. The predicted molar refractivity (Wildman–Crippen MR) is 105 cm³/mol. The first kappa shape index (κ1) is 16.3. The third kappa shape index (κ3) is 2.73. The number of benzene rings is 2.